The Balaban J connectivity index is 2.77. The van der Waals surface area contributed by atoms with Crippen LogP contribution < -0.4 is 11.1 Å². The minimum Gasteiger partial charge on any atom is -0.324 e. The number of anilines is 1. The fourth-order valence-electron chi connectivity index (χ4n) is 1.42. The molecule has 3 N–H and O–H groups in total. The molecule has 1 amide bonds. The van der Waals surface area contributed by atoms with E-state index in [2.05, 4.69) is 17.2 Å². The summed E-state index contributed by atoms with van der Waals surface area (Å²) in [6.45, 7) is 4.09. The van der Waals surface area contributed by atoms with Crippen molar-refractivity contribution in [3.8, 4) is 11.8 Å². The Morgan fingerprint density at radius 1 is 1.50 bits per heavy atom. The lowest BCUT2D eigenvalue weighted by molar-refractivity contribution is -0.116. The average molecular weight is 248 g/mol. The molecule has 0 atom stereocenters. The number of carbonyl (C=O) groups is 1. The molecule has 0 unspecified atom stereocenters. The maximum Gasteiger partial charge on any atom is 0.224 e. The van der Waals surface area contributed by atoms with E-state index in [9.17, 15) is 9.18 Å². The minimum absolute atomic E-state index is 0.180. The van der Waals surface area contributed by atoms with Crippen LogP contribution in [0.3, 0.4) is 0 Å². The van der Waals surface area contributed by atoms with Crippen molar-refractivity contribution in [3.63, 3.8) is 0 Å². The summed E-state index contributed by atoms with van der Waals surface area (Å²) in [7, 11) is 0. The predicted octanol–water partition coefficient (Wildman–Crippen LogP) is 2.12. The first-order chi connectivity index (χ1) is 8.52. The highest BCUT2D eigenvalue weighted by atomic mass is 19.1. The monoisotopic (exact) mass is 248 g/mol. The van der Waals surface area contributed by atoms with Gasteiger partial charge in [-0.2, -0.15) is 0 Å². The minimum atomic E-state index is -0.490. The van der Waals surface area contributed by atoms with Crippen LogP contribution in [0.4, 0.5) is 10.1 Å². The van der Waals surface area contributed by atoms with Gasteiger partial charge in [0.1, 0.15) is 5.82 Å². The highest BCUT2D eigenvalue weighted by molar-refractivity contribution is 5.91. The molecule has 4 heteroatoms. The number of nitrogens with one attached hydrogen (secondary N) is 1. The summed E-state index contributed by atoms with van der Waals surface area (Å²) in [6, 6.07) is 4.44. The van der Waals surface area contributed by atoms with Gasteiger partial charge in [0.2, 0.25) is 5.91 Å². The van der Waals surface area contributed by atoms with Crippen molar-refractivity contribution < 1.29 is 9.18 Å². The molecular weight excluding hydrogens is 231 g/mol. The molecule has 0 saturated carbocycles. The van der Waals surface area contributed by atoms with Gasteiger partial charge in [0.15, 0.2) is 0 Å². The Hall–Kier alpha value is -1.86. The number of hydrogen-bond donors (Lipinski definition) is 2. The first-order valence-electron chi connectivity index (χ1n) is 5.81. The van der Waals surface area contributed by atoms with E-state index < -0.39 is 5.82 Å². The van der Waals surface area contributed by atoms with Crippen molar-refractivity contribution in [2.75, 3.05) is 11.9 Å². The molecule has 1 aromatic rings. The molecule has 18 heavy (non-hydrogen) atoms. The number of nitrogens with two attached hydrogens (primary N) is 1. The van der Waals surface area contributed by atoms with E-state index in [1.165, 1.54) is 12.1 Å². The van der Waals surface area contributed by atoms with Crippen molar-refractivity contribution in [3.05, 3.63) is 29.6 Å². The molecule has 0 fully saturated rings. The Kier molecular flexibility index (Phi) is 5.34. The Labute approximate surface area is 107 Å². The summed E-state index contributed by atoms with van der Waals surface area (Å²) in [5.41, 5.74) is 5.95. The van der Waals surface area contributed by atoms with E-state index in [4.69, 9.17) is 5.73 Å². The van der Waals surface area contributed by atoms with Gasteiger partial charge in [-0.25, -0.2) is 4.39 Å². The zero-order chi connectivity index (χ0) is 13.5. The number of amides is 1. The summed E-state index contributed by atoms with van der Waals surface area (Å²) in [5.74, 6) is 4.93. The SMILES string of the molecule is CC(C)CC(=O)Nc1ccc(C#CCN)cc1F. The van der Waals surface area contributed by atoms with E-state index in [0.717, 1.165) is 0 Å². The third kappa shape index (κ3) is 4.56. The molecule has 0 radical (unpaired) electrons. The van der Waals surface area contributed by atoms with E-state index >= 15 is 0 Å². The van der Waals surface area contributed by atoms with E-state index in [1.54, 1.807) is 6.07 Å². The molecule has 0 bridgehead atoms. The van der Waals surface area contributed by atoms with Crippen molar-refractivity contribution in [1.82, 2.24) is 0 Å². The number of hydrogen-bond acceptors (Lipinski definition) is 2. The molecule has 0 aliphatic rings. The van der Waals surface area contributed by atoms with Crippen LogP contribution >= 0.6 is 0 Å². The van der Waals surface area contributed by atoms with E-state index in [1.807, 2.05) is 13.8 Å². The first kappa shape index (κ1) is 14.2. The van der Waals surface area contributed by atoms with E-state index in [-0.39, 0.29) is 24.1 Å². The number of benzene rings is 1. The number of halogens is 1. The summed E-state index contributed by atoms with van der Waals surface area (Å²) in [4.78, 5) is 11.5. The lowest BCUT2D eigenvalue weighted by Gasteiger charge is -2.08. The summed E-state index contributed by atoms with van der Waals surface area (Å²) < 4.78 is 13.7. The second kappa shape index (κ2) is 6.77. The standard InChI is InChI=1S/C14H17FN2O/c1-10(2)8-14(18)17-13-6-5-11(4-3-7-16)9-12(13)15/h5-6,9-10H,7-8,16H2,1-2H3,(H,17,18). The van der Waals surface area contributed by atoms with Crippen molar-refractivity contribution in [2.45, 2.75) is 20.3 Å². The summed E-state index contributed by atoms with van der Waals surface area (Å²) >= 11 is 0. The van der Waals surface area contributed by atoms with Crippen molar-refractivity contribution >= 4 is 11.6 Å². The second-order valence-corrected chi connectivity index (χ2v) is 4.35. The van der Waals surface area contributed by atoms with Gasteiger partial charge in [-0.15, -0.1) is 0 Å². The van der Waals surface area contributed by atoms with Crippen LogP contribution in [0.15, 0.2) is 18.2 Å². The lowest BCUT2D eigenvalue weighted by Crippen LogP contribution is -2.14. The summed E-state index contributed by atoms with van der Waals surface area (Å²) in [5, 5.41) is 2.54. The highest BCUT2D eigenvalue weighted by Crippen LogP contribution is 2.16. The maximum absolute atomic E-state index is 13.7. The van der Waals surface area contributed by atoms with Crippen LogP contribution in [0.1, 0.15) is 25.8 Å². The van der Waals surface area contributed by atoms with Gasteiger partial charge < -0.3 is 11.1 Å². The first-order valence-corrected chi connectivity index (χ1v) is 5.81. The van der Waals surface area contributed by atoms with Crippen molar-refractivity contribution in [2.24, 2.45) is 11.7 Å². The summed E-state index contributed by atoms with van der Waals surface area (Å²) in [6.07, 6.45) is 0.369. The molecule has 0 heterocycles. The van der Waals surface area contributed by atoms with Crippen LogP contribution in [0.2, 0.25) is 0 Å². The molecule has 0 aromatic heterocycles. The fourth-order valence-corrected chi connectivity index (χ4v) is 1.42. The molecule has 0 saturated heterocycles. The molecule has 1 rings (SSSR count). The largest absolute Gasteiger partial charge is 0.324 e. The second-order valence-electron chi connectivity index (χ2n) is 4.35. The van der Waals surface area contributed by atoms with E-state index in [0.29, 0.717) is 12.0 Å². The smallest absolute Gasteiger partial charge is 0.224 e. The lowest BCUT2D eigenvalue weighted by atomic mass is 10.1. The van der Waals surface area contributed by atoms with Crippen LogP contribution in [-0.2, 0) is 4.79 Å². The van der Waals surface area contributed by atoms with Crippen molar-refractivity contribution in [1.29, 1.82) is 0 Å². The number of rotatable bonds is 3. The normalized spacial score (nSPS) is 9.83. The molecule has 0 spiro atoms. The van der Waals surface area contributed by atoms with Gasteiger partial charge in [0.05, 0.1) is 12.2 Å². The van der Waals surface area contributed by atoms with Gasteiger partial charge >= 0.3 is 0 Å². The maximum atomic E-state index is 13.7. The Morgan fingerprint density at radius 2 is 2.22 bits per heavy atom. The van der Waals surface area contributed by atoms with Crippen LogP contribution in [0.25, 0.3) is 0 Å². The number of carbonyl (C=O) groups excluding carboxylic acids is 1. The Bertz CT molecular complexity index is 486. The molecule has 96 valence electrons. The molecular formula is C14H17FN2O. The van der Waals surface area contributed by atoms with Gasteiger partial charge in [-0.1, -0.05) is 25.7 Å². The van der Waals surface area contributed by atoms with Crippen LogP contribution in [0, 0.1) is 23.6 Å². The zero-order valence-electron chi connectivity index (χ0n) is 10.6. The van der Waals surface area contributed by atoms with Crippen LogP contribution in [0.5, 0.6) is 0 Å². The van der Waals surface area contributed by atoms with Crippen LogP contribution in [-0.4, -0.2) is 12.5 Å². The third-order valence-corrected chi connectivity index (χ3v) is 2.17. The van der Waals surface area contributed by atoms with Gasteiger partial charge in [-0.3, -0.25) is 4.79 Å². The molecule has 3 nitrogen and oxygen atoms in total. The predicted molar refractivity (Wildman–Crippen MR) is 70.4 cm³/mol. The molecule has 0 aliphatic carbocycles. The van der Waals surface area contributed by atoms with Gasteiger partial charge in [0.25, 0.3) is 0 Å². The fraction of sp³-hybridized carbons (Fsp3) is 0.357. The quantitative estimate of drug-likeness (QED) is 0.805. The molecule has 0 aliphatic heterocycles. The Morgan fingerprint density at radius 3 is 2.78 bits per heavy atom. The average Bonchev–Trinajstić information content (AvgIpc) is 2.28. The zero-order valence-corrected chi connectivity index (χ0v) is 10.6. The highest BCUT2D eigenvalue weighted by Gasteiger charge is 2.08. The molecule has 1 aromatic carbocycles. The topological polar surface area (TPSA) is 55.1 Å². The van der Waals surface area contributed by atoms with Gasteiger partial charge in [-0.05, 0) is 24.1 Å². The van der Waals surface area contributed by atoms with Gasteiger partial charge in [0, 0.05) is 12.0 Å². The third-order valence-electron chi connectivity index (χ3n) is 2.17.